The van der Waals surface area contributed by atoms with Crippen molar-refractivity contribution in [2.75, 3.05) is 0 Å². The van der Waals surface area contributed by atoms with Gasteiger partial charge in [0.25, 0.3) is 5.91 Å². The van der Waals surface area contributed by atoms with E-state index in [0.717, 1.165) is 6.07 Å². The number of carbonyl (C=O) groups is 3. The molecular formula is C10H9FN2O5. The van der Waals surface area contributed by atoms with Gasteiger partial charge in [0.2, 0.25) is 5.95 Å². The van der Waals surface area contributed by atoms with Gasteiger partial charge in [-0.1, -0.05) is 6.07 Å². The van der Waals surface area contributed by atoms with Gasteiger partial charge < -0.3 is 15.5 Å². The Kier molecular flexibility index (Phi) is 4.30. The van der Waals surface area contributed by atoms with Crippen LogP contribution in [0, 0.1) is 5.95 Å². The van der Waals surface area contributed by atoms with Crippen LogP contribution >= 0.6 is 0 Å². The molecule has 1 atom stereocenters. The van der Waals surface area contributed by atoms with Gasteiger partial charge in [-0.3, -0.25) is 9.59 Å². The fourth-order valence-electron chi connectivity index (χ4n) is 1.14. The zero-order valence-electron chi connectivity index (χ0n) is 8.96. The van der Waals surface area contributed by atoms with Crippen molar-refractivity contribution in [2.24, 2.45) is 0 Å². The molecule has 0 fully saturated rings. The van der Waals surface area contributed by atoms with Crippen LogP contribution in [0.3, 0.4) is 0 Å². The molecule has 0 aromatic carbocycles. The smallest absolute Gasteiger partial charge is 0.326 e. The number of hydrogen-bond acceptors (Lipinski definition) is 4. The molecule has 1 rings (SSSR count). The van der Waals surface area contributed by atoms with Crippen LogP contribution < -0.4 is 5.32 Å². The third-order valence-corrected chi connectivity index (χ3v) is 1.93. The van der Waals surface area contributed by atoms with Crippen LogP contribution in [-0.4, -0.2) is 39.1 Å². The molecule has 0 aliphatic carbocycles. The monoisotopic (exact) mass is 256 g/mol. The first-order valence-electron chi connectivity index (χ1n) is 4.78. The zero-order chi connectivity index (χ0) is 13.7. The summed E-state index contributed by atoms with van der Waals surface area (Å²) in [5.41, 5.74) is -0.327. The van der Waals surface area contributed by atoms with Gasteiger partial charge in [0.05, 0.1) is 6.42 Å². The Morgan fingerprint density at radius 1 is 1.33 bits per heavy atom. The second kappa shape index (κ2) is 5.71. The molecule has 0 aliphatic heterocycles. The average Bonchev–Trinajstić information content (AvgIpc) is 2.27. The van der Waals surface area contributed by atoms with E-state index in [2.05, 4.69) is 4.98 Å². The summed E-state index contributed by atoms with van der Waals surface area (Å²) in [6, 6.07) is 1.82. The normalized spacial score (nSPS) is 11.6. The van der Waals surface area contributed by atoms with E-state index in [4.69, 9.17) is 10.2 Å². The minimum Gasteiger partial charge on any atom is -0.481 e. The summed E-state index contributed by atoms with van der Waals surface area (Å²) in [5.74, 6) is -4.73. The summed E-state index contributed by atoms with van der Waals surface area (Å²) >= 11 is 0. The van der Waals surface area contributed by atoms with Crippen LogP contribution in [0.5, 0.6) is 0 Å². The second-order valence-electron chi connectivity index (χ2n) is 3.31. The number of nitrogens with one attached hydrogen (secondary N) is 1. The van der Waals surface area contributed by atoms with Gasteiger partial charge in [0, 0.05) is 0 Å². The van der Waals surface area contributed by atoms with Crippen molar-refractivity contribution in [3.05, 3.63) is 29.8 Å². The highest BCUT2D eigenvalue weighted by atomic mass is 19.1. The first-order valence-corrected chi connectivity index (χ1v) is 4.78. The fourth-order valence-corrected chi connectivity index (χ4v) is 1.14. The predicted molar refractivity (Wildman–Crippen MR) is 55.3 cm³/mol. The van der Waals surface area contributed by atoms with E-state index >= 15 is 0 Å². The average molecular weight is 256 g/mol. The molecule has 0 radical (unpaired) electrons. The Balaban J connectivity index is 2.78. The molecule has 7 nitrogen and oxygen atoms in total. The van der Waals surface area contributed by atoms with Crippen LogP contribution in [0.25, 0.3) is 0 Å². The molecule has 0 spiro atoms. The Morgan fingerprint density at radius 2 is 2.00 bits per heavy atom. The van der Waals surface area contributed by atoms with Gasteiger partial charge in [0.1, 0.15) is 11.7 Å². The van der Waals surface area contributed by atoms with Gasteiger partial charge in [-0.2, -0.15) is 4.39 Å². The first kappa shape index (κ1) is 13.6. The maximum atomic E-state index is 12.7. The quantitative estimate of drug-likeness (QED) is 0.632. The van der Waals surface area contributed by atoms with Crippen molar-refractivity contribution >= 4 is 17.8 Å². The Bertz CT molecular complexity index is 491. The molecular weight excluding hydrogens is 247 g/mol. The molecule has 0 saturated heterocycles. The molecule has 1 amide bonds. The Morgan fingerprint density at radius 3 is 2.50 bits per heavy atom. The topological polar surface area (TPSA) is 117 Å². The highest BCUT2D eigenvalue weighted by molar-refractivity contribution is 5.95. The molecule has 1 aromatic heterocycles. The highest BCUT2D eigenvalue weighted by Crippen LogP contribution is 2.00. The van der Waals surface area contributed by atoms with Crippen molar-refractivity contribution < 1.29 is 29.0 Å². The number of carbonyl (C=O) groups excluding carboxylic acids is 1. The lowest BCUT2D eigenvalue weighted by atomic mass is 10.2. The summed E-state index contributed by atoms with van der Waals surface area (Å²) in [6.07, 6.45) is -0.781. The summed E-state index contributed by atoms with van der Waals surface area (Å²) in [6.45, 7) is 0. The predicted octanol–water partition coefficient (Wildman–Crippen LogP) is -0.122. The lowest BCUT2D eigenvalue weighted by Gasteiger charge is -2.11. The van der Waals surface area contributed by atoms with Crippen molar-refractivity contribution in [3.63, 3.8) is 0 Å². The van der Waals surface area contributed by atoms with E-state index in [9.17, 15) is 18.8 Å². The van der Waals surface area contributed by atoms with E-state index in [0.29, 0.717) is 0 Å². The third-order valence-electron chi connectivity index (χ3n) is 1.93. The van der Waals surface area contributed by atoms with Crippen LogP contribution in [0.15, 0.2) is 18.2 Å². The number of pyridine rings is 1. The van der Waals surface area contributed by atoms with Crippen molar-refractivity contribution in [1.29, 1.82) is 0 Å². The Labute approximate surface area is 100 Å². The number of amides is 1. The number of rotatable bonds is 5. The Hall–Kier alpha value is -2.51. The number of nitrogens with zero attached hydrogens (tertiary/aromatic N) is 1. The number of halogens is 1. The molecule has 0 unspecified atom stereocenters. The van der Waals surface area contributed by atoms with Crippen LogP contribution in [0.1, 0.15) is 16.9 Å². The summed E-state index contributed by atoms with van der Waals surface area (Å²) < 4.78 is 12.7. The van der Waals surface area contributed by atoms with Gasteiger partial charge in [0.15, 0.2) is 0 Å². The van der Waals surface area contributed by atoms with Crippen molar-refractivity contribution in [3.8, 4) is 0 Å². The first-order chi connectivity index (χ1) is 8.40. The van der Waals surface area contributed by atoms with Crippen molar-refractivity contribution in [2.45, 2.75) is 12.5 Å². The second-order valence-corrected chi connectivity index (χ2v) is 3.31. The van der Waals surface area contributed by atoms with E-state index in [-0.39, 0.29) is 5.69 Å². The highest BCUT2D eigenvalue weighted by Gasteiger charge is 2.24. The maximum Gasteiger partial charge on any atom is 0.326 e. The number of aromatic nitrogens is 1. The third kappa shape index (κ3) is 3.81. The van der Waals surface area contributed by atoms with Crippen LogP contribution in [0.4, 0.5) is 4.39 Å². The largest absolute Gasteiger partial charge is 0.481 e. The molecule has 0 saturated carbocycles. The molecule has 0 aliphatic rings. The summed E-state index contributed by atoms with van der Waals surface area (Å²) in [7, 11) is 0. The molecule has 18 heavy (non-hydrogen) atoms. The van der Waals surface area contributed by atoms with Gasteiger partial charge in [-0.25, -0.2) is 9.78 Å². The molecule has 8 heteroatoms. The van der Waals surface area contributed by atoms with Crippen LogP contribution in [-0.2, 0) is 9.59 Å². The molecule has 3 N–H and O–H groups in total. The van der Waals surface area contributed by atoms with E-state index in [1.54, 1.807) is 0 Å². The number of hydrogen-bond donors (Lipinski definition) is 3. The van der Waals surface area contributed by atoms with Gasteiger partial charge in [-0.15, -0.1) is 0 Å². The number of carboxylic acids is 2. The van der Waals surface area contributed by atoms with E-state index in [1.165, 1.54) is 12.1 Å². The fraction of sp³-hybridized carbons (Fsp3) is 0.200. The lowest BCUT2D eigenvalue weighted by molar-refractivity contribution is -0.145. The molecule has 96 valence electrons. The molecule has 1 aromatic rings. The van der Waals surface area contributed by atoms with E-state index in [1.807, 2.05) is 5.32 Å². The lowest BCUT2D eigenvalue weighted by Crippen LogP contribution is -2.42. The number of aliphatic carboxylic acids is 2. The van der Waals surface area contributed by atoms with Gasteiger partial charge >= 0.3 is 11.9 Å². The zero-order valence-corrected chi connectivity index (χ0v) is 8.96. The summed E-state index contributed by atoms with van der Waals surface area (Å²) in [4.78, 5) is 35.8. The van der Waals surface area contributed by atoms with E-state index < -0.39 is 36.3 Å². The summed E-state index contributed by atoms with van der Waals surface area (Å²) in [5, 5.41) is 19.1. The SMILES string of the molecule is O=C(O)C[C@H](NC(=O)c1cccc(F)n1)C(=O)O. The van der Waals surface area contributed by atoms with Crippen molar-refractivity contribution in [1.82, 2.24) is 10.3 Å². The minimum atomic E-state index is -1.60. The molecule has 1 heterocycles. The van der Waals surface area contributed by atoms with Gasteiger partial charge in [-0.05, 0) is 12.1 Å². The molecule has 0 bridgehead atoms. The maximum absolute atomic E-state index is 12.7. The minimum absolute atomic E-state index is 0.327. The number of carboxylic acid groups (broad SMARTS) is 2. The van der Waals surface area contributed by atoms with Crippen LogP contribution in [0.2, 0.25) is 0 Å². The standard InChI is InChI=1S/C10H9FN2O5/c11-7-3-1-2-5(12-7)9(16)13-6(10(17)18)4-8(14)15/h1-3,6H,4H2,(H,13,16)(H,14,15)(H,17,18)/t6-/m0/s1.